The number of carbonyl (C=O) groups is 2. The van der Waals surface area contributed by atoms with Crippen molar-refractivity contribution in [2.75, 3.05) is 20.0 Å². The van der Waals surface area contributed by atoms with Gasteiger partial charge in [-0.1, -0.05) is 18.2 Å². The Balaban J connectivity index is 1.55. The van der Waals surface area contributed by atoms with E-state index in [1.807, 2.05) is 0 Å². The van der Waals surface area contributed by atoms with Gasteiger partial charge >= 0.3 is 5.97 Å². The molecule has 1 atom stereocenters. The molecule has 1 amide bonds. The number of amides is 1. The lowest BCUT2D eigenvalue weighted by molar-refractivity contribution is -0.146. The number of carboxylic acid groups (broad SMARTS) is 1. The van der Waals surface area contributed by atoms with Crippen molar-refractivity contribution in [3.8, 4) is 17.2 Å². The van der Waals surface area contributed by atoms with E-state index in [2.05, 4.69) is 5.32 Å². The zero-order valence-electron chi connectivity index (χ0n) is 19.8. The third-order valence-electron chi connectivity index (χ3n) is 5.29. The number of rotatable bonds is 12. The zero-order chi connectivity index (χ0) is 26.1. The monoisotopic (exact) mass is 513 g/mol. The van der Waals surface area contributed by atoms with E-state index in [1.165, 1.54) is 38.5 Å². The van der Waals surface area contributed by atoms with Gasteiger partial charge in [0, 0.05) is 5.56 Å². The summed E-state index contributed by atoms with van der Waals surface area (Å²) in [4.78, 5) is 24.3. The van der Waals surface area contributed by atoms with Gasteiger partial charge in [-0.25, -0.2) is 13.2 Å². The molecule has 36 heavy (non-hydrogen) atoms. The fraction of sp³-hybridized carbons (Fsp3) is 0.231. The highest BCUT2D eigenvalue weighted by molar-refractivity contribution is 7.91. The Morgan fingerprint density at radius 2 is 1.53 bits per heavy atom. The number of benzene rings is 3. The first-order valence-electron chi connectivity index (χ1n) is 11.0. The Kier molecular flexibility index (Phi) is 8.91. The lowest BCUT2D eigenvalue weighted by atomic mass is 10.1. The normalized spacial score (nSPS) is 11.8. The number of sulfone groups is 1. The fourth-order valence-electron chi connectivity index (χ4n) is 3.35. The first-order chi connectivity index (χ1) is 17.2. The first kappa shape index (κ1) is 26.6. The number of methoxy groups -OCH3 is 2. The number of carboxylic acids is 1. The molecule has 0 aliphatic carbocycles. The van der Waals surface area contributed by atoms with Crippen LogP contribution in [-0.2, 0) is 21.1 Å². The van der Waals surface area contributed by atoms with Crippen molar-refractivity contribution >= 4 is 21.7 Å². The van der Waals surface area contributed by atoms with Crippen LogP contribution in [0.3, 0.4) is 0 Å². The molecule has 0 bridgehead atoms. The van der Waals surface area contributed by atoms with E-state index in [4.69, 9.17) is 14.2 Å². The number of hydrogen-bond donors (Lipinski definition) is 2. The van der Waals surface area contributed by atoms with Gasteiger partial charge in [-0.2, -0.15) is 0 Å². The van der Waals surface area contributed by atoms with E-state index >= 15 is 0 Å². The minimum Gasteiger partial charge on any atom is -0.497 e. The standard InChI is InChI=1S/C26H27NO8S/c1-33-20-12-14-23(15-13-20)36(31,32)16-4-5-18-8-10-21(11-9-18)35-25(26(29)30)27-24(28)19-6-3-7-22(17-19)34-2/h3,6-15,17,25H,4-5,16H2,1-2H3,(H,27,28)(H,29,30). The van der Waals surface area contributed by atoms with Crippen molar-refractivity contribution in [2.45, 2.75) is 24.0 Å². The van der Waals surface area contributed by atoms with Gasteiger partial charge in [0.05, 0.1) is 24.9 Å². The largest absolute Gasteiger partial charge is 0.497 e. The minimum absolute atomic E-state index is 0.0189. The molecular formula is C26H27NO8S. The van der Waals surface area contributed by atoms with Crippen LogP contribution in [0, 0.1) is 0 Å². The average molecular weight is 514 g/mol. The molecule has 10 heteroatoms. The molecule has 2 N–H and O–H groups in total. The molecule has 1 unspecified atom stereocenters. The van der Waals surface area contributed by atoms with Crippen LogP contribution in [0.2, 0.25) is 0 Å². The molecule has 0 heterocycles. The number of aliphatic carboxylic acids is 1. The second-order valence-corrected chi connectivity index (χ2v) is 9.89. The van der Waals surface area contributed by atoms with Gasteiger partial charge in [-0.3, -0.25) is 4.79 Å². The van der Waals surface area contributed by atoms with Crippen LogP contribution in [0.25, 0.3) is 0 Å². The number of aryl methyl sites for hydroxylation is 1. The second kappa shape index (κ2) is 12.1. The molecule has 0 spiro atoms. The minimum atomic E-state index is -3.42. The van der Waals surface area contributed by atoms with Crippen molar-refractivity contribution in [1.82, 2.24) is 5.32 Å². The second-order valence-electron chi connectivity index (χ2n) is 7.78. The van der Waals surface area contributed by atoms with E-state index in [-0.39, 0.29) is 22.0 Å². The molecule has 190 valence electrons. The first-order valence-corrected chi connectivity index (χ1v) is 12.7. The topological polar surface area (TPSA) is 128 Å². The number of carbonyl (C=O) groups excluding carboxylic acids is 1. The number of nitrogens with one attached hydrogen (secondary N) is 1. The molecule has 0 fully saturated rings. The van der Waals surface area contributed by atoms with Crippen molar-refractivity contribution in [2.24, 2.45) is 0 Å². The molecule has 0 radical (unpaired) electrons. The average Bonchev–Trinajstić information content (AvgIpc) is 2.89. The van der Waals surface area contributed by atoms with Gasteiger partial charge in [-0.05, 0) is 73.0 Å². The lowest BCUT2D eigenvalue weighted by Crippen LogP contribution is -2.44. The van der Waals surface area contributed by atoms with Gasteiger partial charge in [0.15, 0.2) is 9.84 Å². The van der Waals surface area contributed by atoms with Gasteiger partial charge in [-0.15, -0.1) is 0 Å². The quantitative estimate of drug-likeness (QED) is 0.353. The van der Waals surface area contributed by atoms with Crippen LogP contribution in [0.15, 0.2) is 77.7 Å². The van der Waals surface area contributed by atoms with E-state index in [9.17, 15) is 23.1 Å². The summed E-state index contributed by atoms with van der Waals surface area (Å²) in [6, 6.07) is 19.1. The lowest BCUT2D eigenvalue weighted by Gasteiger charge is -2.17. The SMILES string of the molecule is COc1ccc(S(=O)(=O)CCCc2ccc(OC(NC(=O)c3cccc(OC)c3)C(=O)O)cc2)cc1. The van der Waals surface area contributed by atoms with Crippen LogP contribution in [-0.4, -0.2) is 51.6 Å². The third-order valence-corrected chi connectivity index (χ3v) is 7.11. The summed E-state index contributed by atoms with van der Waals surface area (Å²) in [5.41, 5.74) is 1.09. The predicted octanol–water partition coefficient (Wildman–Crippen LogP) is 3.33. The van der Waals surface area contributed by atoms with Gasteiger partial charge < -0.3 is 24.6 Å². The highest BCUT2D eigenvalue weighted by Gasteiger charge is 2.23. The summed E-state index contributed by atoms with van der Waals surface area (Å²) in [5, 5.41) is 11.8. The highest BCUT2D eigenvalue weighted by atomic mass is 32.2. The highest BCUT2D eigenvalue weighted by Crippen LogP contribution is 2.19. The maximum absolute atomic E-state index is 12.5. The van der Waals surface area contributed by atoms with Crippen molar-refractivity contribution in [3.63, 3.8) is 0 Å². The summed E-state index contributed by atoms with van der Waals surface area (Å²) < 4.78 is 40.6. The summed E-state index contributed by atoms with van der Waals surface area (Å²) in [6.45, 7) is 0. The van der Waals surface area contributed by atoms with E-state index in [0.29, 0.717) is 24.3 Å². The Labute approximate surface area is 209 Å². The molecule has 3 rings (SSSR count). The summed E-state index contributed by atoms with van der Waals surface area (Å²) in [6.07, 6.45) is -0.697. The maximum Gasteiger partial charge on any atom is 0.366 e. The van der Waals surface area contributed by atoms with Crippen molar-refractivity contribution in [1.29, 1.82) is 0 Å². The predicted molar refractivity (Wildman–Crippen MR) is 132 cm³/mol. The van der Waals surface area contributed by atoms with Crippen LogP contribution < -0.4 is 19.5 Å². The molecule has 9 nitrogen and oxygen atoms in total. The van der Waals surface area contributed by atoms with E-state index < -0.39 is 27.9 Å². The molecule has 3 aromatic rings. The Hall–Kier alpha value is -4.05. The maximum atomic E-state index is 12.5. The molecule has 0 saturated carbocycles. The van der Waals surface area contributed by atoms with E-state index in [1.54, 1.807) is 48.5 Å². The van der Waals surface area contributed by atoms with Crippen LogP contribution in [0.4, 0.5) is 0 Å². The smallest absolute Gasteiger partial charge is 0.366 e. The fourth-order valence-corrected chi connectivity index (χ4v) is 4.66. The zero-order valence-corrected chi connectivity index (χ0v) is 20.7. The van der Waals surface area contributed by atoms with Gasteiger partial charge in [0.1, 0.15) is 17.2 Å². The Morgan fingerprint density at radius 1 is 0.889 bits per heavy atom. The van der Waals surface area contributed by atoms with Crippen LogP contribution in [0.5, 0.6) is 17.2 Å². The molecule has 0 saturated heterocycles. The van der Waals surface area contributed by atoms with Crippen molar-refractivity contribution in [3.05, 3.63) is 83.9 Å². The van der Waals surface area contributed by atoms with Crippen LogP contribution >= 0.6 is 0 Å². The molecule has 0 aliphatic rings. The summed E-state index contributed by atoms with van der Waals surface area (Å²) in [5.74, 6) is -0.725. The molecule has 3 aromatic carbocycles. The van der Waals surface area contributed by atoms with Crippen molar-refractivity contribution < 1.29 is 37.3 Å². The molecule has 0 aromatic heterocycles. The Bertz CT molecular complexity index is 1290. The van der Waals surface area contributed by atoms with Crippen LogP contribution in [0.1, 0.15) is 22.3 Å². The van der Waals surface area contributed by atoms with Gasteiger partial charge in [0.25, 0.3) is 12.1 Å². The van der Waals surface area contributed by atoms with E-state index in [0.717, 1.165) is 5.56 Å². The molecule has 0 aliphatic heterocycles. The number of ether oxygens (including phenoxy) is 3. The summed E-state index contributed by atoms with van der Waals surface area (Å²) >= 11 is 0. The Morgan fingerprint density at radius 3 is 2.14 bits per heavy atom. The third kappa shape index (κ3) is 7.22. The summed E-state index contributed by atoms with van der Waals surface area (Å²) in [7, 11) is -0.446. The molecular weight excluding hydrogens is 486 g/mol. The van der Waals surface area contributed by atoms with Gasteiger partial charge in [0.2, 0.25) is 0 Å². The number of hydrogen-bond acceptors (Lipinski definition) is 7.